The summed E-state index contributed by atoms with van der Waals surface area (Å²) in [6.07, 6.45) is 3.41. The molecule has 2 amide bonds. The molecule has 1 aromatic carbocycles. The number of rotatable bonds is 4. The summed E-state index contributed by atoms with van der Waals surface area (Å²) in [6, 6.07) is 4.23. The van der Waals surface area contributed by atoms with Gasteiger partial charge in [0, 0.05) is 43.7 Å². The van der Waals surface area contributed by atoms with Gasteiger partial charge in [-0.3, -0.25) is 19.7 Å². The topological polar surface area (TPSA) is 93.0 Å². The maximum Gasteiger partial charge on any atom is 0.311 e. The van der Waals surface area contributed by atoms with E-state index in [0.29, 0.717) is 25.9 Å². The van der Waals surface area contributed by atoms with E-state index in [4.69, 9.17) is 4.74 Å². The lowest BCUT2D eigenvalue weighted by atomic mass is 9.95. The van der Waals surface area contributed by atoms with Gasteiger partial charge in [0.2, 0.25) is 5.91 Å². The van der Waals surface area contributed by atoms with E-state index in [-0.39, 0.29) is 34.7 Å². The van der Waals surface area contributed by atoms with Crippen LogP contribution in [-0.2, 0) is 4.79 Å². The number of amides is 2. The molecule has 2 aliphatic heterocycles. The summed E-state index contributed by atoms with van der Waals surface area (Å²) in [7, 11) is 1.35. The van der Waals surface area contributed by atoms with Gasteiger partial charge in [0.1, 0.15) is 0 Å². The first-order valence-electron chi connectivity index (χ1n) is 8.91. The number of nitro groups is 1. The van der Waals surface area contributed by atoms with Crippen molar-refractivity contribution in [2.45, 2.75) is 25.7 Å². The zero-order chi connectivity index (χ0) is 18.7. The number of nitrogens with zero attached hydrogens (tertiary/aromatic N) is 3. The van der Waals surface area contributed by atoms with Crippen molar-refractivity contribution < 1.29 is 19.2 Å². The van der Waals surface area contributed by atoms with Gasteiger partial charge in [0.05, 0.1) is 12.0 Å². The van der Waals surface area contributed by atoms with Crippen molar-refractivity contribution in [2.75, 3.05) is 33.3 Å². The maximum absolute atomic E-state index is 12.7. The van der Waals surface area contributed by atoms with Gasteiger partial charge in [-0.05, 0) is 37.8 Å². The van der Waals surface area contributed by atoms with Crippen molar-refractivity contribution in [2.24, 2.45) is 5.92 Å². The molecule has 8 nitrogen and oxygen atoms in total. The molecule has 1 aromatic rings. The first-order valence-corrected chi connectivity index (χ1v) is 8.91. The largest absolute Gasteiger partial charge is 0.490 e. The van der Waals surface area contributed by atoms with Crippen LogP contribution in [0.2, 0.25) is 0 Å². The Labute approximate surface area is 151 Å². The molecule has 2 saturated heterocycles. The molecule has 8 heteroatoms. The van der Waals surface area contributed by atoms with Gasteiger partial charge in [-0.15, -0.1) is 0 Å². The molecule has 2 fully saturated rings. The molecule has 0 aromatic heterocycles. The van der Waals surface area contributed by atoms with Gasteiger partial charge in [0.25, 0.3) is 5.91 Å². The number of methoxy groups -OCH3 is 1. The van der Waals surface area contributed by atoms with Crippen LogP contribution in [0, 0.1) is 16.0 Å². The van der Waals surface area contributed by atoms with E-state index < -0.39 is 4.92 Å². The van der Waals surface area contributed by atoms with Gasteiger partial charge in [0.15, 0.2) is 5.75 Å². The lowest BCUT2D eigenvalue weighted by Crippen LogP contribution is -2.43. The fourth-order valence-electron chi connectivity index (χ4n) is 3.67. The number of benzene rings is 1. The summed E-state index contributed by atoms with van der Waals surface area (Å²) in [5.74, 6) is 0.0568. The second-order valence-corrected chi connectivity index (χ2v) is 6.74. The van der Waals surface area contributed by atoms with Crippen molar-refractivity contribution in [1.82, 2.24) is 9.80 Å². The lowest BCUT2D eigenvalue weighted by Gasteiger charge is -2.33. The first kappa shape index (κ1) is 18.2. The molecule has 0 aliphatic carbocycles. The maximum atomic E-state index is 12.7. The summed E-state index contributed by atoms with van der Waals surface area (Å²) in [4.78, 5) is 39.3. The average molecular weight is 361 g/mol. The van der Waals surface area contributed by atoms with Crippen LogP contribution >= 0.6 is 0 Å². The Morgan fingerprint density at radius 1 is 1.12 bits per heavy atom. The van der Waals surface area contributed by atoms with Crippen molar-refractivity contribution in [3.63, 3.8) is 0 Å². The minimum Gasteiger partial charge on any atom is -0.490 e. The number of carbonyl (C=O) groups excluding carboxylic acids is 2. The third-order valence-corrected chi connectivity index (χ3v) is 5.17. The first-order chi connectivity index (χ1) is 12.5. The van der Waals surface area contributed by atoms with E-state index in [9.17, 15) is 19.7 Å². The zero-order valence-corrected chi connectivity index (χ0v) is 14.8. The van der Waals surface area contributed by atoms with Gasteiger partial charge < -0.3 is 14.5 Å². The minimum absolute atomic E-state index is 0.0256. The fraction of sp³-hybridized carbons (Fsp3) is 0.556. The summed E-state index contributed by atoms with van der Waals surface area (Å²) in [5, 5.41) is 11.1. The summed E-state index contributed by atoms with van der Waals surface area (Å²) >= 11 is 0. The summed E-state index contributed by atoms with van der Waals surface area (Å²) < 4.78 is 4.97. The van der Waals surface area contributed by atoms with E-state index in [2.05, 4.69) is 0 Å². The molecule has 2 heterocycles. The summed E-state index contributed by atoms with van der Waals surface area (Å²) in [6.45, 7) is 2.66. The number of likely N-dealkylation sites (tertiary alicyclic amines) is 2. The van der Waals surface area contributed by atoms with Crippen LogP contribution in [0.15, 0.2) is 18.2 Å². The number of hydrogen-bond acceptors (Lipinski definition) is 5. The quantitative estimate of drug-likeness (QED) is 0.605. The molecule has 0 atom stereocenters. The molecule has 0 spiro atoms. The van der Waals surface area contributed by atoms with Gasteiger partial charge >= 0.3 is 5.69 Å². The average Bonchev–Trinajstić information content (AvgIpc) is 3.21. The highest BCUT2D eigenvalue weighted by Gasteiger charge is 2.32. The van der Waals surface area contributed by atoms with Crippen molar-refractivity contribution in [3.05, 3.63) is 33.9 Å². The minimum atomic E-state index is -0.559. The molecule has 0 radical (unpaired) electrons. The van der Waals surface area contributed by atoms with E-state index in [1.54, 1.807) is 4.90 Å². The zero-order valence-electron chi connectivity index (χ0n) is 14.8. The molecule has 0 N–H and O–H groups in total. The normalized spacial score (nSPS) is 18.0. The summed E-state index contributed by atoms with van der Waals surface area (Å²) in [5.41, 5.74) is 0.0410. The van der Waals surface area contributed by atoms with Crippen LogP contribution in [0.3, 0.4) is 0 Å². The Morgan fingerprint density at radius 2 is 1.77 bits per heavy atom. The monoisotopic (exact) mass is 361 g/mol. The predicted molar refractivity (Wildman–Crippen MR) is 94.1 cm³/mol. The van der Waals surface area contributed by atoms with E-state index >= 15 is 0 Å². The molecular weight excluding hydrogens is 338 g/mol. The van der Waals surface area contributed by atoms with E-state index in [1.165, 1.54) is 25.3 Å². The van der Waals surface area contributed by atoms with Crippen LogP contribution in [0.1, 0.15) is 36.0 Å². The highest BCUT2D eigenvalue weighted by atomic mass is 16.6. The molecule has 2 aliphatic rings. The molecule has 140 valence electrons. The van der Waals surface area contributed by atoms with Crippen LogP contribution in [0.25, 0.3) is 0 Å². The van der Waals surface area contributed by atoms with Gasteiger partial charge in [-0.2, -0.15) is 0 Å². The second kappa shape index (κ2) is 7.72. The number of nitro benzene ring substituents is 1. The fourth-order valence-corrected chi connectivity index (χ4v) is 3.67. The standard InChI is InChI=1S/C18H23N3O5/c1-26-16-5-4-14(12-15(16)21(24)25)18(23)20-10-6-13(7-11-20)17(22)19-8-2-3-9-19/h4-5,12-13H,2-3,6-11H2,1H3. The molecule has 0 bridgehead atoms. The molecule has 0 unspecified atom stereocenters. The molecule has 0 saturated carbocycles. The number of hydrogen-bond donors (Lipinski definition) is 0. The van der Waals surface area contributed by atoms with Crippen LogP contribution in [-0.4, -0.2) is 59.8 Å². The third kappa shape index (κ3) is 3.63. The van der Waals surface area contributed by atoms with Crippen molar-refractivity contribution in [1.29, 1.82) is 0 Å². The lowest BCUT2D eigenvalue weighted by molar-refractivity contribution is -0.385. The van der Waals surface area contributed by atoms with E-state index in [1.807, 2.05) is 4.90 Å². The van der Waals surface area contributed by atoms with E-state index in [0.717, 1.165) is 25.9 Å². The number of carbonyl (C=O) groups is 2. The van der Waals surface area contributed by atoms with Crippen LogP contribution < -0.4 is 4.74 Å². The van der Waals surface area contributed by atoms with Crippen molar-refractivity contribution >= 4 is 17.5 Å². The molecule has 3 rings (SSSR count). The Bertz CT molecular complexity index is 707. The van der Waals surface area contributed by atoms with Crippen LogP contribution in [0.4, 0.5) is 5.69 Å². The van der Waals surface area contributed by atoms with Crippen LogP contribution in [0.5, 0.6) is 5.75 Å². The number of ether oxygens (including phenoxy) is 1. The Balaban J connectivity index is 1.64. The third-order valence-electron chi connectivity index (χ3n) is 5.17. The smallest absolute Gasteiger partial charge is 0.311 e. The number of piperidine rings is 1. The Kier molecular flexibility index (Phi) is 5.39. The predicted octanol–water partition coefficient (Wildman–Crippen LogP) is 2.08. The highest BCUT2D eigenvalue weighted by Crippen LogP contribution is 2.29. The SMILES string of the molecule is COc1ccc(C(=O)N2CCC(C(=O)N3CCCC3)CC2)cc1[N+](=O)[O-]. The molecule has 26 heavy (non-hydrogen) atoms. The second-order valence-electron chi connectivity index (χ2n) is 6.74. The molecular formula is C18H23N3O5. The highest BCUT2D eigenvalue weighted by molar-refractivity contribution is 5.95. The Hall–Kier alpha value is -2.64. The van der Waals surface area contributed by atoms with Crippen molar-refractivity contribution in [3.8, 4) is 5.75 Å². The van der Waals surface area contributed by atoms with Gasteiger partial charge in [-0.1, -0.05) is 0 Å². The Morgan fingerprint density at radius 3 is 2.35 bits per heavy atom. The van der Waals surface area contributed by atoms with Gasteiger partial charge in [-0.25, -0.2) is 0 Å².